The lowest BCUT2D eigenvalue weighted by atomic mass is 10.2. The van der Waals surface area contributed by atoms with Crippen LogP contribution in [0.15, 0.2) is 53.7 Å². The summed E-state index contributed by atoms with van der Waals surface area (Å²) in [6.07, 6.45) is 0. The van der Waals surface area contributed by atoms with Gasteiger partial charge >= 0.3 is 0 Å². The van der Waals surface area contributed by atoms with Gasteiger partial charge in [0.05, 0.1) is 11.4 Å². The molecule has 4 rings (SSSR count). The van der Waals surface area contributed by atoms with Crippen molar-refractivity contribution in [3.8, 4) is 5.69 Å². The van der Waals surface area contributed by atoms with E-state index in [1.54, 1.807) is 16.8 Å². The Labute approximate surface area is 211 Å². The fraction of sp³-hybridized carbons (Fsp3) is 0.208. The van der Waals surface area contributed by atoms with Crippen LogP contribution in [0.2, 0.25) is 10.0 Å². The van der Waals surface area contributed by atoms with Crippen molar-refractivity contribution in [3.05, 3.63) is 92.5 Å². The zero-order valence-corrected chi connectivity index (χ0v) is 21.2. The molecule has 0 saturated carbocycles. The first-order chi connectivity index (χ1) is 16.3. The number of amides is 1. The molecule has 0 aliphatic heterocycles. The highest BCUT2D eigenvalue weighted by Crippen LogP contribution is 2.26. The molecule has 0 radical (unpaired) electrons. The minimum Gasteiger partial charge on any atom is -0.346 e. The number of carbonyl (C=O) groups excluding carboxylic acids is 1. The predicted octanol–water partition coefficient (Wildman–Crippen LogP) is 5.51. The maximum Gasteiger partial charge on any atom is 0.274 e. The number of hydrogen-bond acceptors (Lipinski definition) is 6. The fourth-order valence-corrected chi connectivity index (χ4v) is 4.64. The summed E-state index contributed by atoms with van der Waals surface area (Å²) in [6.45, 7) is 6.04. The molecule has 2 aromatic heterocycles. The van der Waals surface area contributed by atoms with Gasteiger partial charge in [-0.05, 0) is 56.2 Å². The van der Waals surface area contributed by atoms with Crippen molar-refractivity contribution in [2.24, 2.45) is 0 Å². The van der Waals surface area contributed by atoms with E-state index in [0.29, 0.717) is 32.3 Å². The molecule has 7 nitrogen and oxygen atoms in total. The highest BCUT2D eigenvalue weighted by atomic mass is 35.5. The van der Waals surface area contributed by atoms with Crippen LogP contribution in [0.5, 0.6) is 0 Å². The first-order valence-electron chi connectivity index (χ1n) is 10.5. The average Bonchev–Trinajstić information content (AvgIpc) is 3.22. The molecule has 1 amide bonds. The Kier molecular flexibility index (Phi) is 7.50. The van der Waals surface area contributed by atoms with Crippen LogP contribution >= 0.6 is 35.0 Å². The Balaban J connectivity index is 1.64. The topological polar surface area (TPSA) is 85.6 Å². The Morgan fingerprint density at radius 1 is 1.00 bits per heavy atom. The summed E-state index contributed by atoms with van der Waals surface area (Å²) in [7, 11) is 0. The van der Waals surface area contributed by atoms with Crippen molar-refractivity contribution in [1.29, 1.82) is 0 Å². The maximum atomic E-state index is 13.1. The van der Waals surface area contributed by atoms with Crippen LogP contribution in [0.25, 0.3) is 5.69 Å². The first kappa shape index (κ1) is 24.2. The van der Waals surface area contributed by atoms with Crippen molar-refractivity contribution < 1.29 is 4.79 Å². The van der Waals surface area contributed by atoms with Crippen molar-refractivity contribution in [1.82, 2.24) is 30.3 Å². The number of halogens is 2. The first-order valence-corrected chi connectivity index (χ1v) is 12.2. The number of carbonyl (C=O) groups is 1. The molecule has 0 bridgehead atoms. The molecule has 1 N–H and O–H groups in total. The number of benzene rings is 2. The Bertz CT molecular complexity index is 1340. The molecule has 4 aromatic rings. The summed E-state index contributed by atoms with van der Waals surface area (Å²) in [6, 6.07) is 14.9. The smallest absolute Gasteiger partial charge is 0.274 e. The second-order valence-electron chi connectivity index (χ2n) is 7.73. The van der Waals surface area contributed by atoms with E-state index in [9.17, 15) is 4.79 Å². The van der Waals surface area contributed by atoms with Gasteiger partial charge in [-0.15, -0.1) is 5.10 Å². The van der Waals surface area contributed by atoms with Crippen LogP contribution in [-0.4, -0.2) is 30.9 Å². The lowest BCUT2D eigenvalue weighted by Gasteiger charge is -2.10. The van der Waals surface area contributed by atoms with Crippen LogP contribution in [-0.2, 0) is 12.3 Å². The van der Waals surface area contributed by atoms with Crippen molar-refractivity contribution >= 4 is 40.9 Å². The van der Waals surface area contributed by atoms with Gasteiger partial charge in [0, 0.05) is 33.7 Å². The summed E-state index contributed by atoms with van der Waals surface area (Å²) in [5.41, 5.74) is 5.07. The Hall–Kier alpha value is -2.94. The summed E-state index contributed by atoms with van der Waals surface area (Å²) in [4.78, 5) is 22.1. The third-order valence-electron chi connectivity index (χ3n) is 5.08. The molecular weight excluding hydrogens is 491 g/mol. The van der Waals surface area contributed by atoms with E-state index >= 15 is 0 Å². The highest BCUT2D eigenvalue weighted by Gasteiger charge is 2.22. The summed E-state index contributed by atoms with van der Waals surface area (Å²) >= 11 is 14.0. The monoisotopic (exact) mass is 512 g/mol. The molecular formula is C24H22Cl2N6OS. The van der Waals surface area contributed by atoms with E-state index in [4.69, 9.17) is 23.2 Å². The molecule has 2 heterocycles. The Morgan fingerprint density at radius 2 is 1.74 bits per heavy atom. The van der Waals surface area contributed by atoms with E-state index in [0.717, 1.165) is 22.5 Å². The molecule has 2 aromatic carbocycles. The summed E-state index contributed by atoms with van der Waals surface area (Å²) < 4.78 is 1.63. The molecule has 34 heavy (non-hydrogen) atoms. The number of thioether (sulfide) groups is 1. The Morgan fingerprint density at radius 3 is 2.44 bits per heavy atom. The minimum atomic E-state index is -0.346. The molecule has 174 valence electrons. The van der Waals surface area contributed by atoms with Crippen LogP contribution in [0.3, 0.4) is 0 Å². The van der Waals surface area contributed by atoms with E-state index in [1.807, 2.05) is 57.2 Å². The lowest BCUT2D eigenvalue weighted by Crippen LogP contribution is -2.24. The summed E-state index contributed by atoms with van der Waals surface area (Å²) in [5, 5.41) is 13.2. The van der Waals surface area contributed by atoms with Gasteiger partial charge in [0.1, 0.15) is 0 Å². The molecule has 0 fully saturated rings. The van der Waals surface area contributed by atoms with Crippen molar-refractivity contribution in [2.75, 3.05) is 0 Å². The van der Waals surface area contributed by atoms with Crippen molar-refractivity contribution in [2.45, 2.75) is 38.2 Å². The van der Waals surface area contributed by atoms with Gasteiger partial charge in [0.2, 0.25) is 0 Å². The van der Waals surface area contributed by atoms with Crippen LogP contribution < -0.4 is 5.32 Å². The van der Waals surface area contributed by atoms with Gasteiger partial charge in [0.15, 0.2) is 10.9 Å². The zero-order chi connectivity index (χ0) is 24.2. The third kappa shape index (κ3) is 5.58. The second kappa shape index (κ2) is 10.5. The van der Waals surface area contributed by atoms with E-state index in [-0.39, 0.29) is 18.1 Å². The number of aromatic nitrogens is 5. The van der Waals surface area contributed by atoms with E-state index < -0.39 is 0 Å². The minimum absolute atomic E-state index is 0.223. The van der Waals surface area contributed by atoms with Gasteiger partial charge in [-0.2, -0.15) is 0 Å². The quantitative estimate of drug-likeness (QED) is 0.259. The lowest BCUT2D eigenvalue weighted by molar-refractivity contribution is 0.0945. The van der Waals surface area contributed by atoms with Crippen molar-refractivity contribution in [3.63, 3.8) is 0 Å². The molecule has 10 heteroatoms. The summed E-state index contributed by atoms with van der Waals surface area (Å²) in [5.74, 6) is 0.0392. The number of nitrogens with zero attached hydrogens (tertiary/aromatic N) is 5. The standard InChI is InChI=1S/C24H22Cl2N6OS/c1-14-8-9-18(11-20(14)26)32-21(13-34-24-28-15(2)10-16(3)29-24)22(30-31-32)23(33)27-12-17-6-4-5-7-19(17)25/h4-11H,12-13H2,1-3H3,(H,27,33). The highest BCUT2D eigenvalue weighted by molar-refractivity contribution is 7.98. The fourth-order valence-electron chi connectivity index (χ4n) is 3.32. The normalized spacial score (nSPS) is 11.0. The number of hydrogen-bond donors (Lipinski definition) is 1. The van der Waals surface area contributed by atoms with Gasteiger partial charge in [-0.25, -0.2) is 14.6 Å². The molecule has 0 spiro atoms. The average molecular weight is 513 g/mol. The van der Waals surface area contributed by atoms with Gasteiger partial charge in [-0.3, -0.25) is 4.79 Å². The maximum absolute atomic E-state index is 13.1. The van der Waals surface area contributed by atoms with E-state index in [1.165, 1.54) is 11.8 Å². The molecule has 0 aliphatic rings. The number of rotatable bonds is 7. The predicted molar refractivity (Wildman–Crippen MR) is 135 cm³/mol. The van der Waals surface area contributed by atoms with Crippen LogP contribution in [0, 0.1) is 20.8 Å². The molecule has 0 unspecified atom stereocenters. The molecule has 0 atom stereocenters. The zero-order valence-electron chi connectivity index (χ0n) is 18.8. The van der Waals surface area contributed by atoms with Crippen LogP contribution in [0.4, 0.5) is 0 Å². The van der Waals surface area contributed by atoms with E-state index in [2.05, 4.69) is 25.6 Å². The molecule has 0 aliphatic carbocycles. The molecule has 0 saturated heterocycles. The largest absolute Gasteiger partial charge is 0.346 e. The van der Waals surface area contributed by atoms with Crippen LogP contribution in [0.1, 0.15) is 38.7 Å². The van der Waals surface area contributed by atoms with Gasteiger partial charge in [-0.1, -0.05) is 64.4 Å². The van der Waals surface area contributed by atoms with Gasteiger partial charge < -0.3 is 5.32 Å². The third-order valence-corrected chi connectivity index (χ3v) is 6.71. The number of aryl methyl sites for hydroxylation is 3. The number of nitrogens with one attached hydrogen (secondary N) is 1. The SMILES string of the molecule is Cc1cc(C)nc(SCc2c(C(=O)NCc3ccccc3Cl)nnn2-c2ccc(C)c(Cl)c2)n1. The second-order valence-corrected chi connectivity index (χ2v) is 9.48. The van der Waals surface area contributed by atoms with Gasteiger partial charge in [0.25, 0.3) is 5.91 Å².